The Labute approximate surface area is 216 Å². The zero-order valence-electron chi connectivity index (χ0n) is 22.0. The van der Waals surface area contributed by atoms with Crippen LogP contribution in [0.1, 0.15) is 54.7 Å². The number of nitrogens with zero attached hydrogens (tertiary/aromatic N) is 8. The van der Waals surface area contributed by atoms with E-state index in [1.54, 1.807) is 28.0 Å². The second-order valence-electron chi connectivity index (χ2n) is 10.8. The van der Waals surface area contributed by atoms with Gasteiger partial charge in [0, 0.05) is 50.4 Å². The lowest BCUT2D eigenvalue weighted by molar-refractivity contribution is 0.0963. The van der Waals surface area contributed by atoms with Crippen molar-refractivity contribution < 1.29 is 4.79 Å². The van der Waals surface area contributed by atoms with Crippen molar-refractivity contribution in [3.8, 4) is 11.3 Å². The number of carbonyl (C=O) groups excluding carboxylic acids is 1. The number of hydrogen-bond donors (Lipinski definition) is 1. The molecule has 1 aliphatic rings. The van der Waals surface area contributed by atoms with Gasteiger partial charge in [-0.15, -0.1) is 5.10 Å². The van der Waals surface area contributed by atoms with Gasteiger partial charge in [0.1, 0.15) is 5.69 Å². The van der Waals surface area contributed by atoms with E-state index in [1.165, 1.54) is 11.1 Å². The first-order valence-electron chi connectivity index (χ1n) is 12.5. The average Bonchev–Trinajstić information content (AvgIpc) is 3.48. The van der Waals surface area contributed by atoms with Gasteiger partial charge in [-0.25, -0.2) is 14.6 Å². The van der Waals surface area contributed by atoms with E-state index < -0.39 is 0 Å². The molecule has 0 bridgehead atoms. The minimum absolute atomic E-state index is 0.0211. The number of carbonyl (C=O) groups is 1. The van der Waals surface area contributed by atoms with Crippen molar-refractivity contribution in [3.05, 3.63) is 65.9 Å². The molecule has 0 saturated carbocycles. The Balaban J connectivity index is 1.39. The van der Waals surface area contributed by atoms with Crippen LogP contribution in [0.5, 0.6) is 0 Å². The molecule has 0 saturated heterocycles. The summed E-state index contributed by atoms with van der Waals surface area (Å²) in [7, 11) is 3.98. The summed E-state index contributed by atoms with van der Waals surface area (Å²) in [5, 5.41) is 15.7. The molecule has 5 rings (SSSR count). The fraction of sp³-hybridized carbons (Fsp3) is 0.407. The Kier molecular flexibility index (Phi) is 6.59. The van der Waals surface area contributed by atoms with E-state index in [1.807, 2.05) is 40.1 Å². The van der Waals surface area contributed by atoms with Crippen molar-refractivity contribution in [2.75, 3.05) is 25.5 Å². The van der Waals surface area contributed by atoms with Crippen molar-refractivity contribution in [1.82, 2.24) is 39.6 Å². The fourth-order valence-corrected chi connectivity index (χ4v) is 4.67. The Morgan fingerprint density at radius 2 is 2.00 bits per heavy atom. The van der Waals surface area contributed by atoms with Gasteiger partial charge in [-0.3, -0.25) is 9.48 Å². The van der Waals surface area contributed by atoms with Gasteiger partial charge >= 0.3 is 0 Å². The summed E-state index contributed by atoms with van der Waals surface area (Å²) < 4.78 is 3.47. The number of hydrogen-bond acceptors (Lipinski definition) is 8. The van der Waals surface area contributed by atoms with Gasteiger partial charge in [0.05, 0.1) is 29.3 Å². The Morgan fingerprint density at radius 1 is 1.16 bits per heavy atom. The first kappa shape index (κ1) is 24.8. The zero-order chi connectivity index (χ0) is 26.2. The minimum atomic E-state index is -0.217. The predicted molar refractivity (Wildman–Crippen MR) is 142 cm³/mol. The van der Waals surface area contributed by atoms with Crippen LogP contribution in [0.2, 0.25) is 0 Å². The van der Waals surface area contributed by atoms with Crippen LogP contribution in [0.15, 0.2) is 49.1 Å². The highest BCUT2D eigenvalue weighted by atomic mass is 16.1. The van der Waals surface area contributed by atoms with Crippen molar-refractivity contribution >= 4 is 17.4 Å². The predicted octanol–water partition coefficient (Wildman–Crippen LogP) is 3.81. The lowest BCUT2D eigenvalue weighted by atomic mass is 9.88. The maximum absolute atomic E-state index is 13.2. The molecule has 1 aromatic carbocycles. The molecule has 1 unspecified atom stereocenters. The van der Waals surface area contributed by atoms with Crippen molar-refractivity contribution in [2.45, 2.75) is 45.1 Å². The van der Waals surface area contributed by atoms with Crippen molar-refractivity contribution in [3.63, 3.8) is 0 Å². The van der Waals surface area contributed by atoms with Crippen LogP contribution in [0.4, 0.5) is 11.6 Å². The third-order valence-electron chi connectivity index (χ3n) is 6.69. The number of aromatic nitrogens is 7. The Hall–Kier alpha value is -3.92. The molecule has 0 aliphatic carbocycles. The lowest BCUT2D eigenvalue weighted by Crippen LogP contribution is -2.25. The van der Waals surface area contributed by atoms with E-state index in [4.69, 9.17) is 4.98 Å². The highest BCUT2D eigenvalue weighted by molar-refractivity contribution is 5.94. The topological polar surface area (TPSA) is 107 Å². The second-order valence-corrected chi connectivity index (χ2v) is 10.8. The number of rotatable bonds is 6. The maximum atomic E-state index is 13.2. The first-order chi connectivity index (χ1) is 17.7. The highest BCUT2D eigenvalue weighted by Crippen LogP contribution is 2.32. The van der Waals surface area contributed by atoms with E-state index >= 15 is 0 Å². The van der Waals surface area contributed by atoms with Gasteiger partial charge in [0.15, 0.2) is 5.78 Å². The number of anilines is 2. The van der Waals surface area contributed by atoms with E-state index in [0.717, 1.165) is 36.5 Å². The van der Waals surface area contributed by atoms with Crippen molar-refractivity contribution in [1.29, 1.82) is 0 Å². The number of benzene rings is 1. The number of Topliss-reactive ketones (excluding diaryl/α,β-unsaturated/α-hetero) is 1. The molecule has 10 heteroatoms. The van der Waals surface area contributed by atoms with Gasteiger partial charge in [0.2, 0.25) is 5.95 Å². The molecule has 0 amide bonds. The summed E-state index contributed by atoms with van der Waals surface area (Å²) in [5.41, 5.74) is 5.37. The van der Waals surface area contributed by atoms with Crippen molar-refractivity contribution in [2.24, 2.45) is 7.05 Å². The zero-order valence-corrected chi connectivity index (χ0v) is 22.0. The fourth-order valence-electron chi connectivity index (χ4n) is 4.67. The third-order valence-corrected chi connectivity index (χ3v) is 6.69. The smallest absolute Gasteiger partial charge is 0.227 e. The maximum Gasteiger partial charge on any atom is 0.227 e. The lowest BCUT2D eigenvalue weighted by Gasteiger charge is -2.21. The summed E-state index contributed by atoms with van der Waals surface area (Å²) in [6.45, 7) is 7.87. The van der Waals surface area contributed by atoms with Gasteiger partial charge in [-0.2, -0.15) is 5.10 Å². The van der Waals surface area contributed by atoms with Crippen LogP contribution in [-0.2, 0) is 19.0 Å². The third kappa shape index (κ3) is 5.59. The quantitative estimate of drug-likeness (QED) is 0.399. The summed E-state index contributed by atoms with van der Waals surface area (Å²) in [5.74, 6) is 0.622. The van der Waals surface area contributed by atoms with Gasteiger partial charge in [-0.1, -0.05) is 17.3 Å². The molecule has 1 atom stereocenters. The number of fused-ring (bicyclic) bond motifs is 1. The number of likely N-dealkylation sites (N-methyl/N-ethyl adjacent to an activating group) is 1. The van der Waals surface area contributed by atoms with Crippen LogP contribution in [0.3, 0.4) is 0 Å². The average molecular weight is 500 g/mol. The molecule has 4 aromatic rings. The molecule has 0 spiro atoms. The van der Waals surface area contributed by atoms with Gasteiger partial charge < -0.3 is 10.2 Å². The summed E-state index contributed by atoms with van der Waals surface area (Å²) in [6, 6.07) is 8.37. The summed E-state index contributed by atoms with van der Waals surface area (Å²) >= 11 is 0. The highest BCUT2D eigenvalue weighted by Gasteiger charge is 2.26. The molecule has 192 valence electrons. The summed E-state index contributed by atoms with van der Waals surface area (Å²) in [4.78, 5) is 24.6. The molecule has 10 nitrogen and oxygen atoms in total. The standard InChI is InChI=1S/C27H33N9O/c1-27(2,3)36-17-24(32-33-36)25(37)13-20-15-34(4)11-9-18-12-19(6-7-22(18)20)23-8-10-28-26(31-23)30-21-14-29-35(5)16-21/h6-8,10,12,14,16-17,20H,9,11,13,15H2,1-5H3,(H,28,30,31). The molecule has 1 aliphatic heterocycles. The summed E-state index contributed by atoms with van der Waals surface area (Å²) in [6.07, 6.45) is 8.44. The molecular weight excluding hydrogens is 466 g/mol. The van der Waals surface area contributed by atoms with E-state index in [9.17, 15) is 4.79 Å². The molecular formula is C27H33N9O. The Morgan fingerprint density at radius 3 is 2.73 bits per heavy atom. The van der Waals surface area contributed by atoms with Crippen LogP contribution >= 0.6 is 0 Å². The van der Waals surface area contributed by atoms with Crippen LogP contribution < -0.4 is 5.32 Å². The second kappa shape index (κ2) is 9.85. The number of ketones is 1. The minimum Gasteiger partial charge on any atom is -0.321 e. The molecule has 4 heterocycles. The monoisotopic (exact) mass is 499 g/mol. The largest absolute Gasteiger partial charge is 0.321 e. The molecule has 37 heavy (non-hydrogen) atoms. The molecule has 0 fully saturated rings. The van der Waals surface area contributed by atoms with E-state index in [2.05, 4.69) is 55.9 Å². The molecule has 0 radical (unpaired) electrons. The van der Waals surface area contributed by atoms with Crippen LogP contribution in [0, 0.1) is 0 Å². The normalized spacial score (nSPS) is 16.3. The first-order valence-corrected chi connectivity index (χ1v) is 12.5. The van der Waals surface area contributed by atoms with Crippen LogP contribution in [-0.4, -0.2) is 65.6 Å². The molecule has 3 aromatic heterocycles. The van der Waals surface area contributed by atoms with Crippen LogP contribution in [0.25, 0.3) is 11.3 Å². The van der Waals surface area contributed by atoms with Gasteiger partial charge in [-0.05, 0) is 57.5 Å². The molecule has 1 N–H and O–H groups in total. The van der Waals surface area contributed by atoms with E-state index in [0.29, 0.717) is 18.1 Å². The SMILES string of the molecule is CN1CCc2cc(-c3ccnc(Nc4cnn(C)c4)n3)ccc2C(CC(=O)c2cn(C(C)(C)C)nn2)C1. The number of aryl methyl sites for hydroxylation is 1. The van der Waals surface area contributed by atoms with Gasteiger partial charge in [0.25, 0.3) is 0 Å². The van der Waals surface area contributed by atoms with E-state index in [-0.39, 0.29) is 17.2 Å². The number of nitrogens with one attached hydrogen (secondary N) is 1. The Bertz CT molecular complexity index is 1420.